The van der Waals surface area contributed by atoms with E-state index >= 15 is 0 Å². The number of fused-ring (bicyclic) bond motifs is 1. The van der Waals surface area contributed by atoms with Crippen LogP contribution in [-0.2, 0) is 13.1 Å². The molecule has 7 heteroatoms. The van der Waals surface area contributed by atoms with Crippen LogP contribution in [0.15, 0.2) is 69.8 Å². The minimum absolute atomic E-state index is 0.202. The maximum atomic E-state index is 13.1. The summed E-state index contributed by atoms with van der Waals surface area (Å²) in [6.45, 7) is 4.91. The van der Waals surface area contributed by atoms with Crippen LogP contribution in [0.4, 0.5) is 0 Å². The highest BCUT2D eigenvalue weighted by Gasteiger charge is 2.22. The number of furan rings is 1. The maximum absolute atomic E-state index is 13.1. The maximum Gasteiger partial charge on any atom is 0.290 e. The van der Waals surface area contributed by atoms with Crippen molar-refractivity contribution in [3.63, 3.8) is 0 Å². The van der Waals surface area contributed by atoms with Gasteiger partial charge in [0.2, 0.25) is 6.79 Å². The third kappa shape index (κ3) is 3.97. The van der Waals surface area contributed by atoms with Crippen molar-refractivity contribution in [2.45, 2.75) is 26.9 Å². The lowest BCUT2D eigenvalue weighted by Gasteiger charge is -2.20. The second-order valence-corrected chi connectivity index (χ2v) is 7.83. The van der Waals surface area contributed by atoms with Gasteiger partial charge in [-0.1, -0.05) is 35.0 Å². The van der Waals surface area contributed by atoms with Gasteiger partial charge in [-0.15, -0.1) is 0 Å². The van der Waals surface area contributed by atoms with Crippen LogP contribution in [0.1, 0.15) is 32.9 Å². The Labute approximate surface area is 185 Å². The molecule has 32 heavy (non-hydrogen) atoms. The van der Waals surface area contributed by atoms with Gasteiger partial charge < -0.3 is 23.3 Å². The van der Waals surface area contributed by atoms with Crippen molar-refractivity contribution >= 4 is 5.91 Å². The van der Waals surface area contributed by atoms with Crippen molar-refractivity contribution in [3.8, 4) is 22.8 Å². The van der Waals surface area contributed by atoms with E-state index < -0.39 is 0 Å². The highest BCUT2D eigenvalue weighted by atomic mass is 16.7. The first kappa shape index (κ1) is 19.9. The number of nitrogens with zero attached hydrogens (tertiary/aromatic N) is 2. The molecule has 0 bridgehead atoms. The fourth-order valence-corrected chi connectivity index (χ4v) is 3.81. The van der Waals surface area contributed by atoms with Crippen LogP contribution in [0.5, 0.6) is 11.5 Å². The molecule has 5 rings (SSSR count). The lowest BCUT2D eigenvalue weighted by atomic mass is 10.0. The lowest BCUT2D eigenvalue weighted by Crippen LogP contribution is -2.30. The molecule has 1 amide bonds. The Morgan fingerprint density at radius 2 is 1.88 bits per heavy atom. The van der Waals surface area contributed by atoms with Gasteiger partial charge in [-0.25, -0.2) is 0 Å². The zero-order valence-electron chi connectivity index (χ0n) is 17.8. The Hall–Kier alpha value is -4.00. The van der Waals surface area contributed by atoms with Gasteiger partial charge in [-0.2, -0.15) is 0 Å². The molecule has 7 nitrogen and oxygen atoms in total. The van der Waals surface area contributed by atoms with E-state index in [2.05, 4.69) is 18.1 Å². The second kappa shape index (κ2) is 8.26. The minimum atomic E-state index is -0.233. The van der Waals surface area contributed by atoms with Crippen LogP contribution < -0.4 is 9.47 Å². The molecule has 0 spiro atoms. The first-order valence-electron chi connectivity index (χ1n) is 10.3. The fourth-order valence-electron chi connectivity index (χ4n) is 3.81. The van der Waals surface area contributed by atoms with Gasteiger partial charge in [0, 0.05) is 18.2 Å². The van der Waals surface area contributed by atoms with E-state index in [0.29, 0.717) is 29.5 Å². The average Bonchev–Trinajstić information content (AvgIpc) is 3.54. The highest BCUT2D eigenvalue weighted by Crippen LogP contribution is 2.33. The first-order valence-corrected chi connectivity index (χ1v) is 10.3. The zero-order chi connectivity index (χ0) is 22.1. The molecule has 0 saturated carbocycles. The Morgan fingerprint density at radius 1 is 1.00 bits per heavy atom. The molecule has 2 aromatic carbocycles. The molecule has 162 valence electrons. The molecule has 1 aliphatic rings. The lowest BCUT2D eigenvalue weighted by molar-refractivity contribution is 0.0693. The van der Waals surface area contributed by atoms with E-state index in [1.165, 1.54) is 11.8 Å². The van der Waals surface area contributed by atoms with Gasteiger partial charge in [0.05, 0.1) is 12.8 Å². The molecule has 1 aliphatic heterocycles. The van der Waals surface area contributed by atoms with E-state index in [1.54, 1.807) is 17.0 Å². The summed E-state index contributed by atoms with van der Waals surface area (Å²) in [6, 6.07) is 17.0. The smallest absolute Gasteiger partial charge is 0.290 e. The molecule has 0 fully saturated rings. The molecular formula is C25H22N2O5. The number of carbonyl (C=O) groups is 1. The van der Waals surface area contributed by atoms with Crippen LogP contribution in [0.25, 0.3) is 11.3 Å². The number of carbonyl (C=O) groups excluding carboxylic acids is 1. The van der Waals surface area contributed by atoms with Crippen LogP contribution in [0.3, 0.4) is 0 Å². The number of amides is 1. The number of rotatable bonds is 6. The summed E-state index contributed by atoms with van der Waals surface area (Å²) < 4.78 is 21.8. The first-order chi connectivity index (χ1) is 15.6. The Morgan fingerprint density at radius 3 is 2.69 bits per heavy atom. The van der Waals surface area contributed by atoms with Crippen molar-refractivity contribution in [3.05, 3.63) is 89.0 Å². The van der Waals surface area contributed by atoms with Gasteiger partial charge in [-0.05, 0) is 49.2 Å². The summed E-state index contributed by atoms with van der Waals surface area (Å²) in [5.74, 6) is 2.08. The van der Waals surface area contributed by atoms with Crippen molar-refractivity contribution < 1.29 is 23.2 Å². The number of benzene rings is 2. The van der Waals surface area contributed by atoms with E-state index in [0.717, 1.165) is 16.7 Å². The quantitative estimate of drug-likeness (QED) is 0.422. The summed E-state index contributed by atoms with van der Waals surface area (Å²) in [7, 11) is 0. The SMILES string of the molecule is Cc1ccc(-c2cc(CN(Cc3ccc4c(c3)OCO4)C(=O)c3ccco3)no2)c(C)c1. The number of hydrogen-bond donors (Lipinski definition) is 0. The van der Waals surface area contributed by atoms with Gasteiger partial charge in [0.25, 0.3) is 5.91 Å². The van der Waals surface area contributed by atoms with E-state index in [-0.39, 0.29) is 25.0 Å². The third-order valence-electron chi connectivity index (χ3n) is 5.39. The highest BCUT2D eigenvalue weighted by molar-refractivity contribution is 5.91. The summed E-state index contributed by atoms with van der Waals surface area (Å²) in [6.07, 6.45) is 1.49. The number of aromatic nitrogens is 1. The second-order valence-electron chi connectivity index (χ2n) is 7.83. The van der Waals surface area contributed by atoms with Gasteiger partial charge in [0.1, 0.15) is 5.69 Å². The van der Waals surface area contributed by atoms with E-state index in [4.69, 9.17) is 18.4 Å². The number of hydrogen-bond acceptors (Lipinski definition) is 6. The molecule has 0 N–H and O–H groups in total. The van der Waals surface area contributed by atoms with Crippen molar-refractivity contribution in [2.24, 2.45) is 0 Å². The van der Waals surface area contributed by atoms with Crippen LogP contribution >= 0.6 is 0 Å². The van der Waals surface area contributed by atoms with Crippen LogP contribution in [0.2, 0.25) is 0 Å². The minimum Gasteiger partial charge on any atom is -0.459 e. The number of ether oxygens (including phenoxy) is 2. The Bertz CT molecular complexity index is 1260. The average molecular weight is 430 g/mol. The zero-order valence-corrected chi connectivity index (χ0v) is 17.8. The fraction of sp³-hybridized carbons (Fsp3) is 0.200. The van der Waals surface area contributed by atoms with Gasteiger partial charge in [-0.3, -0.25) is 4.79 Å². The van der Waals surface area contributed by atoms with Crippen molar-refractivity contribution in [2.75, 3.05) is 6.79 Å². The normalized spacial score (nSPS) is 12.2. The van der Waals surface area contributed by atoms with Gasteiger partial charge in [0.15, 0.2) is 23.0 Å². The molecular weight excluding hydrogens is 408 g/mol. The van der Waals surface area contributed by atoms with E-state index in [1.807, 2.05) is 43.3 Å². The monoisotopic (exact) mass is 430 g/mol. The number of aryl methyl sites for hydroxylation is 2. The molecule has 2 aromatic heterocycles. The summed E-state index contributed by atoms with van der Waals surface area (Å²) in [5.41, 5.74) is 4.84. The summed E-state index contributed by atoms with van der Waals surface area (Å²) >= 11 is 0. The Balaban J connectivity index is 1.41. The summed E-state index contributed by atoms with van der Waals surface area (Å²) in [5, 5.41) is 4.21. The largest absolute Gasteiger partial charge is 0.459 e. The predicted molar refractivity (Wildman–Crippen MR) is 116 cm³/mol. The van der Waals surface area contributed by atoms with Crippen LogP contribution in [-0.4, -0.2) is 22.8 Å². The predicted octanol–water partition coefficient (Wildman–Crippen LogP) is 5.12. The van der Waals surface area contributed by atoms with E-state index in [9.17, 15) is 4.79 Å². The van der Waals surface area contributed by atoms with Crippen molar-refractivity contribution in [1.82, 2.24) is 10.1 Å². The molecule has 0 radical (unpaired) electrons. The molecule has 3 heterocycles. The molecule has 0 saturated heterocycles. The molecule has 0 atom stereocenters. The molecule has 4 aromatic rings. The third-order valence-corrected chi connectivity index (χ3v) is 5.39. The topological polar surface area (TPSA) is 77.9 Å². The standard InChI is InChI=1S/C25H22N2O5/c1-16-5-7-20(17(2)10-16)23-12-19(26-32-23)14-27(25(28)22-4-3-9-29-22)13-18-6-8-21-24(11-18)31-15-30-21/h3-12H,13-15H2,1-2H3. The summed E-state index contributed by atoms with van der Waals surface area (Å²) in [4.78, 5) is 14.8. The van der Waals surface area contributed by atoms with Crippen molar-refractivity contribution in [1.29, 1.82) is 0 Å². The van der Waals surface area contributed by atoms with Crippen LogP contribution in [0, 0.1) is 13.8 Å². The molecule has 0 aliphatic carbocycles. The van der Waals surface area contributed by atoms with Gasteiger partial charge >= 0.3 is 0 Å². The molecule has 0 unspecified atom stereocenters. The Kier molecular flexibility index (Phi) is 5.15.